The number of hydrogen-bond donors (Lipinski definition) is 2. The first-order valence-electron chi connectivity index (χ1n) is 13.3. The van der Waals surface area contributed by atoms with E-state index in [1.54, 1.807) is 32.2 Å². The molecule has 212 valence electrons. The summed E-state index contributed by atoms with van der Waals surface area (Å²) in [5, 5.41) is 5.56. The molecule has 1 fully saturated rings. The van der Waals surface area contributed by atoms with Gasteiger partial charge in [-0.2, -0.15) is 0 Å². The van der Waals surface area contributed by atoms with Crippen LogP contribution in [0.15, 0.2) is 54.9 Å². The van der Waals surface area contributed by atoms with Gasteiger partial charge in [-0.3, -0.25) is 24.3 Å². The highest BCUT2D eigenvalue weighted by atomic mass is 35.5. The molecule has 5 atom stereocenters. The number of hydrogen-bond acceptors (Lipinski definition) is 6. The summed E-state index contributed by atoms with van der Waals surface area (Å²) in [5.74, 6) is -2.08. The highest BCUT2D eigenvalue weighted by Gasteiger charge is 2.36. The maximum Gasteiger partial charge on any atom is 0.329 e. The van der Waals surface area contributed by atoms with Crippen LogP contribution in [0.5, 0.6) is 0 Å². The number of carbonyl (C=O) groups excluding carboxylic acids is 4. The van der Waals surface area contributed by atoms with Crippen molar-refractivity contribution in [1.29, 1.82) is 0 Å². The van der Waals surface area contributed by atoms with Crippen LogP contribution in [0.25, 0.3) is 0 Å². The number of pyridine rings is 1. The third-order valence-electron chi connectivity index (χ3n) is 6.86. The Kier molecular flexibility index (Phi) is 12.4. The fraction of sp³-hybridized carbons (Fsp3) is 0.483. The molecule has 0 spiro atoms. The second kappa shape index (κ2) is 15.2. The summed E-state index contributed by atoms with van der Waals surface area (Å²) < 4.78 is 5.90. The van der Waals surface area contributed by atoms with E-state index in [-0.39, 0.29) is 31.2 Å². The van der Waals surface area contributed by atoms with Crippen LogP contribution in [0.1, 0.15) is 58.9 Å². The highest BCUT2D eigenvalue weighted by molar-refractivity contribution is 6.03. The molecule has 1 aliphatic heterocycles. The molecule has 1 aliphatic rings. The number of carbonyl (C=O) groups is 4. The summed E-state index contributed by atoms with van der Waals surface area (Å²) in [6, 6.07) is 9.79. The van der Waals surface area contributed by atoms with Crippen LogP contribution in [0.3, 0.4) is 0 Å². The van der Waals surface area contributed by atoms with Gasteiger partial charge in [0.2, 0.25) is 17.7 Å². The molecule has 0 saturated carbocycles. The lowest BCUT2D eigenvalue weighted by atomic mass is 9.95. The number of anilines is 1. The maximum atomic E-state index is 13.6. The van der Waals surface area contributed by atoms with Gasteiger partial charge in [0.05, 0.1) is 18.3 Å². The number of amides is 3. The lowest BCUT2D eigenvalue weighted by molar-refractivity contribution is -0.155. The second-order valence-corrected chi connectivity index (χ2v) is 9.93. The van der Waals surface area contributed by atoms with Gasteiger partial charge in [-0.25, -0.2) is 4.79 Å². The van der Waals surface area contributed by atoms with Crippen LogP contribution in [0.4, 0.5) is 5.69 Å². The van der Waals surface area contributed by atoms with Crippen molar-refractivity contribution >= 4 is 41.8 Å². The Morgan fingerprint density at radius 2 is 1.77 bits per heavy atom. The van der Waals surface area contributed by atoms with E-state index in [1.807, 2.05) is 37.3 Å². The molecule has 1 aromatic heterocycles. The first-order chi connectivity index (χ1) is 18.2. The summed E-state index contributed by atoms with van der Waals surface area (Å²) >= 11 is 0. The minimum Gasteiger partial charge on any atom is -0.460 e. The van der Waals surface area contributed by atoms with Crippen LogP contribution < -0.4 is 15.5 Å². The molecule has 3 rings (SSSR count). The van der Waals surface area contributed by atoms with Gasteiger partial charge in [-0.1, -0.05) is 57.0 Å². The predicted molar refractivity (Wildman–Crippen MR) is 151 cm³/mol. The van der Waals surface area contributed by atoms with E-state index in [1.165, 1.54) is 11.1 Å². The minimum atomic E-state index is -1.00. The highest BCUT2D eigenvalue weighted by Crippen LogP contribution is 2.23. The molecule has 10 heteroatoms. The van der Waals surface area contributed by atoms with Crippen LogP contribution in [-0.2, 0) is 30.3 Å². The van der Waals surface area contributed by atoms with Crippen molar-refractivity contribution in [2.24, 2.45) is 5.92 Å². The number of nitrogens with one attached hydrogen (secondary N) is 2. The fourth-order valence-electron chi connectivity index (χ4n) is 4.54. The van der Waals surface area contributed by atoms with Gasteiger partial charge in [0.15, 0.2) is 0 Å². The summed E-state index contributed by atoms with van der Waals surface area (Å²) in [7, 11) is 0. The van der Waals surface area contributed by atoms with Crippen LogP contribution >= 0.6 is 12.4 Å². The van der Waals surface area contributed by atoms with E-state index < -0.39 is 47.9 Å². The summed E-state index contributed by atoms with van der Waals surface area (Å²) in [5.41, 5.74) is 1.27. The topological polar surface area (TPSA) is 118 Å². The maximum absolute atomic E-state index is 13.6. The Bertz CT molecular complexity index is 1100. The summed E-state index contributed by atoms with van der Waals surface area (Å²) in [4.78, 5) is 58.9. The van der Waals surface area contributed by atoms with Gasteiger partial charge in [-0.05, 0) is 43.9 Å². The number of rotatable bonds is 7. The molecular formula is C29H39ClN4O5. The minimum absolute atomic E-state index is 0. The second-order valence-electron chi connectivity index (χ2n) is 9.93. The zero-order valence-corrected chi connectivity index (χ0v) is 23.8. The number of cyclic esters (lactones) is 1. The smallest absolute Gasteiger partial charge is 0.329 e. The predicted octanol–water partition coefficient (Wildman–Crippen LogP) is 3.60. The third-order valence-corrected chi connectivity index (χ3v) is 6.86. The van der Waals surface area contributed by atoms with Crippen molar-refractivity contribution < 1.29 is 23.9 Å². The molecule has 0 bridgehead atoms. The molecule has 2 N–H and O–H groups in total. The first-order valence-corrected chi connectivity index (χ1v) is 13.3. The zero-order chi connectivity index (χ0) is 27.7. The number of halogens is 1. The van der Waals surface area contributed by atoms with E-state index in [9.17, 15) is 19.2 Å². The van der Waals surface area contributed by atoms with E-state index in [4.69, 9.17) is 4.74 Å². The number of unbranched alkanes of at least 4 members (excludes halogenated alkanes) is 1. The first kappa shape index (κ1) is 31.8. The van der Waals surface area contributed by atoms with Crippen LogP contribution in [0, 0.1) is 5.92 Å². The number of ether oxygens (including phenoxy) is 1. The lowest BCUT2D eigenvalue weighted by Gasteiger charge is -2.32. The molecule has 0 radical (unpaired) electrons. The summed E-state index contributed by atoms with van der Waals surface area (Å²) in [6.45, 7) is 7.15. The largest absolute Gasteiger partial charge is 0.460 e. The Morgan fingerprint density at radius 1 is 1.05 bits per heavy atom. The number of aromatic nitrogens is 1. The van der Waals surface area contributed by atoms with Gasteiger partial charge >= 0.3 is 5.97 Å². The molecule has 2 heterocycles. The van der Waals surface area contributed by atoms with E-state index in [0.29, 0.717) is 5.69 Å². The van der Waals surface area contributed by atoms with Crippen LogP contribution in [-0.4, -0.2) is 52.9 Å². The Labute approximate surface area is 236 Å². The van der Waals surface area contributed by atoms with Gasteiger partial charge in [-0.15, -0.1) is 12.4 Å². The number of benzene rings is 1. The van der Waals surface area contributed by atoms with E-state index in [2.05, 4.69) is 22.5 Å². The summed E-state index contributed by atoms with van der Waals surface area (Å²) in [6.07, 6.45) is 5.17. The molecule has 3 amide bonds. The van der Waals surface area contributed by atoms with Crippen LogP contribution in [0.2, 0.25) is 0 Å². The average molecular weight is 559 g/mol. The molecular weight excluding hydrogens is 520 g/mol. The Hall–Kier alpha value is -3.46. The van der Waals surface area contributed by atoms with Crippen molar-refractivity contribution in [3.05, 3.63) is 60.4 Å². The Morgan fingerprint density at radius 3 is 2.41 bits per heavy atom. The molecule has 0 aliphatic carbocycles. The Balaban J connectivity index is 0.00000533. The van der Waals surface area contributed by atoms with Gasteiger partial charge < -0.3 is 15.4 Å². The zero-order valence-electron chi connectivity index (χ0n) is 23.0. The molecule has 39 heavy (non-hydrogen) atoms. The molecule has 1 aromatic carbocycles. The van der Waals surface area contributed by atoms with Crippen molar-refractivity contribution in [3.8, 4) is 0 Å². The normalized spacial score (nSPS) is 23.6. The van der Waals surface area contributed by atoms with Gasteiger partial charge in [0.25, 0.3) is 0 Å². The van der Waals surface area contributed by atoms with E-state index in [0.717, 1.165) is 24.8 Å². The van der Waals surface area contributed by atoms with Gasteiger partial charge in [0.1, 0.15) is 24.2 Å². The lowest BCUT2D eigenvalue weighted by Crippen LogP contribution is -2.56. The fourth-order valence-corrected chi connectivity index (χ4v) is 4.54. The average Bonchev–Trinajstić information content (AvgIpc) is 2.91. The molecule has 9 nitrogen and oxygen atoms in total. The number of nitrogens with zero attached hydrogens (tertiary/aromatic N) is 2. The molecule has 0 unspecified atom stereocenters. The SMILES string of the molecule is CCCC[C@H](C)[C@H]1CC(=O)N[C@@H](Cc2ccccc2)C(=O)N[C@@H](C)C(=O)N(c2cccnc2)[C@@H](C)C(=O)O1.Cl. The van der Waals surface area contributed by atoms with Crippen molar-refractivity contribution in [2.45, 2.75) is 84.0 Å². The van der Waals surface area contributed by atoms with Crippen molar-refractivity contribution in [3.63, 3.8) is 0 Å². The quantitative estimate of drug-likeness (QED) is 0.501. The van der Waals surface area contributed by atoms with Gasteiger partial charge in [0, 0.05) is 12.6 Å². The third kappa shape index (κ3) is 8.78. The monoisotopic (exact) mass is 558 g/mol. The van der Waals surface area contributed by atoms with Crippen molar-refractivity contribution in [1.82, 2.24) is 15.6 Å². The number of esters is 1. The standard InChI is InChI=1S/C29H38N4O5.ClH/c1-5-6-11-19(2)25-17-26(34)32-24(16-22-12-8-7-9-13-22)27(35)31-20(3)28(36)33(21(4)29(37)38-25)23-14-10-15-30-18-23;/h7-10,12-15,18-21,24-25H,5-6,11,16-17H2,1-4H3,(H,31,35)(H,32,34);1H/t19-,20-,21-,24-,25+;/m0./s1. The van der Waals surface area contributed by atoms with Crippen molar-refractivity contribution in [2.75, 3.05) is 4.90 Å². The molecule has 1 saturated heterocycles. The van der Waals surface area contributed by atoms with E-state index >= 15 is 0 Å². The molecule has 2 aromatic rings.